The van der Waals surface area contributed by atoms with Gasteiger partial charge in [-0.05, 0) is 35.9 Å². The number of fused-ring (bicyclic) bond motifs is 1. The Hall–Kier alpha value is -2.25. The summed E-state index contributed by atoms with van der Waals surface area (Å²) in [5.41, 5.74) is 11.4. The largest absolute Gasteiger partial charge is 0.397 e. The van der Waals surface area contributed by atoms with Crippen molar-refractivity contribution in [3.05, 3.63) is 47.9 Å². The zero-order valence-corrected chi connectivity index (χ0v) is 20.6. The van der Waals surface area contributed by atoms with Crippen LogP contribution in [-0.4, -0.2) is 46.4 Å². The lowest BCUT2D eigenvalue weighted by Crippen LogP contribution is -2.33. The molecule has 3 aromatic rings. The number of carbonyl (C=O) groups excluding carboxylic acids is 1. The molecule has 0 spiro atoms. The number of amides is 1. The molecule has 2 atom stereocenters. The lowest BCUT2D eigenvalue weighted by Gasteiger charge is -2.23. The van der Waals surface area contributed by atoms with Gasteiger partial charge in [0.2, 0.25) is 5.91 Å². The Labute approximate surface area is 202 Å². The second-order valence-corrected chi connectivity index (χ2v) is 11.8. The fraction of sp³-hybridized carbons (Fsp3) is 0.292. The highest BCUT2D eigenvalue weighted by Crippen LogP contribution is 2.48. The summed E-state index contributed by atoms with van der Waals surface area (Å²) in [6.07, 6.45) is 5.54. The Kier molecular flexibility index (Phi) is 6.79. The van der Waals surface area contributed by atoms with E-state index in [0.29, 0.717) is 5.25 Å². The fourth-order valence-corrected chi connectivity index (χ4v) is 7.55. The molecule has 1 aliphatic carbocycles. The number of carbonyl (C=O) groups is 1. The van der Waals surface area contributed by atoms with Crippen molar-refractivity contribution in [2.75, 3.05) is 18.9 Å². The molecule has 0 radical (unpaired) electrons. The van der Waals surface area contributed by atoms with Gasteiger partial charge in [0.1, 0.15) is 10.6 Å². The number of hydrogen-bond donors (Lipinski definition) is 3. The number of nitrogens with zero attached hydrogens (tertiary/aromatic N) is 2. The fourth-order valence-electron chi connectivity index (χ4n) is 3.78. The topological polar surface area (TPSA) is 101 Å². The van der Waals surface area contributed by atoms with Crippen LogP contribution >= 0.6 is 31.7 Å². The van der Waals surface area contributed by atoms with Gasteiger partial charge < -0.3 is 16.2 Å². The molecule has 2 aromatic heterocycles. The van der Waals surface area contributed by atoms with Crippen molar-refractivity contribution in [2.24, 2.45) is 4.99 Å². The second-order valence-electron chi connectivity index (χ2n) is 8.04. The summed E-state index contributed by atoms with van der Waals surface area (Å²) in [6, 6.07) is 12.4. The summed E-state index contributed by atoms with van der Waals surface area (Å²) in [5, 5.41) is 13.3. The van der Waals surface area contributed by atoms with Crippen molar-refractivity contribution >= 4 is 65.3 Å². The van der Waals surface area contributed by atoms with Crippen LogP contribution in [0.25, 0.3) is 26.9 Å². The maximum atomic E-state index is 12.2. The lowest BCUT2D eigenvalue weighted by molar-refractivity contribution is -0.120. The SMILES string of the molecule is Nc1c(SC2CCC2)sc2nc(C3=CPC(C(=O)NCCO)N=C3)cc(-c3ccccc3)c12. The quantitative estimate of drug-likeness (QED) is 0.411. The maximum absolute atomic E-state index is 12.2. The molecular formula is C24H25N4O2PS2. The molecule has 1 aliphatic heterocycles. The lowest BCUT2D eigenvalue weighted by atomic mass is 10.00. The molecule has 1 saturated carbocycles. The van der Waals surface area contributed by atoms with Crippen LogP contribution in [0.3, 0.4) is 0 Å². The number of pyridine rings is 1. The van der Waals surface area contributed by atoms with Gasteiger partial charge in [0.05, 0.1) is 22.2 Å². The summed E-state index contributed by atoms with van der Waals surface area (Å²) >= 11 is 3.56. The van der Waals surface area contributed by atoms with E-state index in [1.54, 1.807) is 17.6 Å². The molecule has 1 aromatic carbocycles. The van der Waals surface area contributed by atoms with Gasteiger partial charge in [0, 0.05) is 29.0 Å². The molecule has 0 saturated heterocycles. The molecule has 2 unspecified atom stereocenters. The number of thioether (sulfide) groups is 1. The van der Waals surface area contributed by atoms with Crippen LogP contribution in [0.1, 0.15) is 25.0 Å². The minimum absolute atomic E-state index is 0.0798. The molecular weight excluding hydrogens is 471 g/mol. The number of thiophene rings is 1. The highest BCUT2D eigenvalue weighted by molar-refractivity contribution is 8.02. The third-order valence-corrected chi connectivity index (χ3v) is 9.67. The van der Waals surface area contributed by atoms with E-state index in [0.717, 1.165) is 42.5 Å². The highest BCUT2D eigenvalue weighted by Gasteiger charge is 2.25. The third-order valence-electron chi connectivity index (χ3n) is 5.79. The number of nitrogens with two attached hydrogens (primary N) is 1. The Balaban J connectivity index is 1.52. The van der Waals surface area contributed by atoms with Crippen molar-refractivity contribution in [3.8, 4) is 11.1 Å². The normalized spacial score (nSPS) is 18.9. The smallest absolute Gasteiger partial charge is 0.249 e. The van der Waals surface area contributed by atoms with Gasteiger partial charge in [-0.3, -0.25) is 9.79 Å². The molecule has 1 amide bonds. The first-order valence-corrected chi connectivity index (χ1v) is 13.8. The van der Waals surface area contributed by atoms with Gasteiger partial charge in [-0.2, -0.15) is 0 Å². The molecule has 5 rings (SSSR count). The number of allylic oxidation sites excluding steroid dienone is 1. The van der Waals surface area contributed by atoms with Gasteiger partial charge in [0.25, 0.3) is 0 Å². The van der Waals surface area contributed by atoms with Crippen LogP contribution in [0.2, 0.25) is 0 Å². The zero-order valence-electron chi connectivity index (χ0n) is 18.0. The molecule has 1 fully saturated rings. The van der Waals surface area contributed by atoms with E-state index in [-0.39, 0.29) is 27.6 Å². The molecule has 170 valence electrons. The zero-order chi connectivity index (χ0) is 22.8. The highest BCUT2D eigenvalue weighted by atomic mass is 32.2. The molecule has 9 heteroatoms. The number of hydrogen-bond acceptors (Lipinski definition) is 7. The first-order chi connectivity index (χ1) is 16.1. The average molecular weight is 497 g/mol. The summed E-state index contributed by atoms with van der Waals surface area (Å²) in [5.74, 6) is 1.44. The van der Waals surface area contributed by atoms with Crippen LogP contribution in [-0.2, 0) is 4.79 Å². The molecule has 0 bridgehead atoms. The number of rotatable bonds is 7. The number of nitrogen functional groups attached to an aromatic ring is 1. The molecule has 4 N–H and O–H groups in total. The Morgan fingerprint density at radius 1 is 1.30 bits per heavy atom. The van der Waals surface area contributed by atoms with Gasteiger partial charge in [0.15, 0.2) is 0 Å². The maximum Gasteiger partial charge on any atom is 0.249 e. The third kappa shape index (κ3) is 4.71. The first kappa shape index (κ1) is 22.5. The van der Waals surface area contributed by atoms with Crippen LogP contribution in [0.5, 0.6) is 0 Å². The Morgan fingerprint density at radius 3 is 2.79 bits per heavy atom. The van der Waals surface area contributed by atoms with E-state index in [1.807, 2.05) is 35.8 Å². The second kappa shape index (κ2) is 9.94. The average Bonchev–Trinajstić information content (AvgIpc) is 3.15. The minimum atomic E-state index is -0.444. The first-order valence-electron chi connectivity index (χ1n) is 11.0. The van der Waals surface area contributed by atoms with Crippen molar-refractivity contribution in [3.63, 3.8) is 0 Å². The summed E-state index contributed by atoms with van der Waals surface area (Å²) in [7, 11) is 0.218. The predicted octanol–water partition coefficient (Wildman–Crippen LogP) is 4.73. The number of aliphatic hydroxyl groups is 1. The number of nitrogens with one attached hydrogen (secondary N) is 1. The Bertz CT molecular complexity index is 1240. The van der Waals surface area contributed by atoms with Crippen molar-refractivity contribution in [2.45, 2.75) is 34.5 Å². The van der Waals surface area contributed by atoms with E-state index in [1.165, 1.54) is 19.3 Å². The number of aliphatic hydroxyl groups excluding tert-OH is 1. The Morgan fingerprint density at radius 2 is 2.12 bits per heavy atom. The molecule has 2 aliphatic rings. The monoisotopic (exact) mass is 496 g/mol. The van der Waals surface area contributed by atoms with E-state index < -0.39 is 5.78 Å². The molecule has 6 nitrogen and oxygen atoms in total. The van der Waals surface area contributed by atoms with Crippen LogP contribution < -0.4 is 11.1 Å². The van der Waals surface area contributed by atoms with E-state index in [4.69, 9.17) is 15.8 Å². The van der Waals surface area contributed by atoms with Gasteiger partial charge in [-0.1, -0.05) is 45.3 Å². The standard InChI is InChI=1S/C24H25N4O2PS2/c25-20-19-17(14-5-2-1-3-6-14)11-18(28-23(19)33-24(20)32-16-7-4-8-16)15-12-27-22(31-13-15)21(30)26-9-10-29/h1-3,5-6,11-13,16,22,29,31H,4,7-10,25H2,(H,26,30). The van der Waals surface area contributed by atoms with E-state index in [9.17, 15) is 4.79 Å². The van der Waals surface area contributed by atoms with E-state index >= 15 is 0 Å². The molecule has 3 heterocycles. The number of anilines is 1. The van der Waals surface area contributed by atoms with Gasteiger partial charge >= 0.3 is 0 Å². The van der Waals surface area contributed by atoms with Gasteiger partial charge in [-0.15, -0.1) is 23.1 Å². The summed E-state index contributed by atoms with van der Waals surface area (Å²) < 4.78 is 1.16. The van der Waals surface area contributed by atoms with Crippen LogP contribution in [0.15, 0.2) is 51.4 Å². The van der Waals surface area contributed by atoms with Crippen molar-refractivity contribution in [1.82, 2.24) is 10.3 Å². The minimum Gasteiger partial charge on any atom is -0.397 e. The predicted molar refractivity (Wildman–Crippen MR) is 142 cm³/mol. The van der Waals surface area contributed by atoms with Crippen LogP contribution in [0.4, 0.5) is 5.69 Å². The van der Waals surface area contributed by atoms with Gasteiger partial charge in [-0.25, -0.2) is 4.98 Å². The number of benzene rings is 1. The van der Waals surface area contributed by atoms with E-state index in [2.05, 4.69) is 28.5 Å². The van der Waals surface area contributed by atoms with Crippen molar-refractivity contribution < 1.29 is 9.90 Å². The number of aromatic nitrogens is 1. The molecule has 33 heavy (non-hydrogen) atoms. The summed E-state index contributed by atoms with van der Waals surface area (Å²) in [4.78, 5) is 22.6. The summed E-state index contributed by atoms with van der Waals surface area (Å²) in [6.45, 7) is 0.162. The van der Waals surface area contributed by atoms with Crippen molar-refractivity contribution in [1.29, 1.82) is 0 Å². The van der Waals surface area contributed by atoms with Crippen LogP contribution in [0, 0.1) is 0 Å². The number of aliphatic imine (C=N–C) groups is 1.